The first-order chi connectivity index (χ1) is 12.7. The molecular formula is C18H19N5OS2. The van der Waals surface area contributed by atoms with Crippen LogP contribution in [0, 0.1) is 0 Å². The van der Waals surface area contributed by atoms with Gasteiger partial charge < -0.3 is 11.1 Å². The van der Waals surface area contributed by atoms with Crippen LogP contribution in [-0.4, -0.2) is 26.6 Å². The average molecular weight is 386 g/mol. The molecule has 0 fully saturated rings. The number of rotatable bonds is 5. The van der Waals surface area contributed by atoms with Gasteiger partial charge in [-0.25, -0.2) is 9.97 Å². The lowest BCUT2D eigenvalue weighted by Crippen LogP contribution is -2.24. The molecule has 0 saturated carbocycles. The Morgan fingerprint density at radius 2 is 2.19 bits per heavy atom. The number of fused-ring (bicyclic) bond motifs is 3. The zero-order valence-electron chi connectivity index (χ0n) is 14.2. The number of amides is 1. The predicted molar refractivity (Wildman–Crippen MR) is 105 cm³/mol. The molecular weight excluding hydrogens is 366 g/mol. The first-order valence-corrected chi connectivity index (χ1v) is 10.4. The Hall–Kier alpha value is -2.19. The largest absolute Gasteiger partial charge is 0.383 e. The molecule has 0 unspecified atom stereocenters. The fourth-order valence-electron chi connectivity index (χ4n) is 3.11. The third-order valence-electron chi connectivity index (χ3n) is 4.37. The van der Waals surface area contributed by atoms with Gasteiger partial charge >= 0.3 is 0 Å². The van der Waals surface area contributed by atoms with Gasteiger partial charge in [0.05, 0.1) is 11.1 Å². The lowest BCUT2D eigenvalue weighted by atomic mass is 9.97. The standard InChI is InChI=1S/C18H19N5OS2/c19-16-15-12-5-1-2-6-13(12)26-17(15)23-18(22-16)25-10-14(24)21-9-11-4-3-7-20-8-11/h3-4,7-8H,1-2,5-6,9-10H2,(H,21,24)(H2,19,22,23). The second kappa shape index (κ2) is 7.59. The normalized spacial score (nSPS) is 13.5. The molecule has 0 radical (unpaired) electrons. The highest BCUT2D eigenvalue weighted by Crippen LogP contribution is 2.38. The summed E-state index contributed by atoms with van der Waals surface area (Å²) in [5.41, 5.74) is 8.50. The Labute approximate surface area is 159 Å². The summed E-state index contributed by atoms with van der Waals surface area (Å²) in [7, 11) is 0. The molecule has 26 heavy (non-hydrogen) atoms. The number of pyridine rings is 1. The molecule has 4 rings (SSSR count). The fourth-order valence-corrected chi connectivity index (χ4v) is 5.12. The van der Waals surface area contributed by atoms with Gasteiger partial charge in [-0.05, 0) is 42.9 Å². The second-order valence-corrected chi connectivity index (χ2v) is 8.24. The first kappa shape index (κ1) is 17.2. The van der Waals surface area contributed by atoms with Crippen LogP contribution in [0.25, 0.3) is 10.2 Å². The highest BCUT2D eigenvalue weighted by atomic mass is 32.2. The summed E-state index contributed by atoms with van der Waals surface area (Å²) in [5, 5.41) is 4.46. The molecule has 6 nitrogen and oxygen atoms in total. The van der Waals surface area contributed by atoms with Crippen LogP contribution in [-0.2, 0) is 24.2 Å². The van der Waals surface area contributed by atoms with Gasteiger partial charge in [0.1, 0.15) is 10.6 Å². The monoisotopic (exact) mass is 385 g/mol. The number of nitrogen functional groups attached to an aromatic ring is 1. The molecule has 3 aromatic heterocycles. The van der Waals surface area contributed by atoms with Gasteiger partial charge in [0.2, 0.25) is 5.91 Å². The van der Waals surface area contributed by atoms with Crippen LogP contribution in [0.2, 0.25) is 0 Å². The van der Waals surface area contributed by atoms with Crippen molar-refractivity contribution < 1.29 is 4.79 Å². The van der Waals surface area contributed by atoms with E-state index in [4.69, 9.17) is 5.73 Å². The maximum atomic E-state index is 12.1. The van der Waals surface area contributed by atoms with Crippen LogP contribution >= 0.6 is 23.1 Å². The molecule has 0 aromatic carbocycles. The number of nitrogens with zero attached hydrogens (tertiary/aromatic N) is 3. The number of thiophene rings is 1. The maximum absolute atomic E-state index is 12.1. The van der Waals surface area contributed by atoms with Gasteiger partial charge in [0.15, 0.2) is 5.16 Å². The van der Waals surface area contributed by atoms with Crippen molar-refractivity contribution >= 4 is 45.0 Å². The number of hydrogen-bond acceptors (Lipinski definition) is 7. The second-order valence-electron chi connectivity index (χ2n) is 6.21. The molecule has 0 aliphatic heterocycles. The van der Waals surface area contributed by atoms with Gasteiger partial charge in [-0.1, -0.05) is 17.8 Å². The van der Waals surface area contributed by atoms with E-state index in [0.29, 0.717) is 17.5 Å². The minimum absolute atomic E-state index is 0.0633. The number of nitrogens with one attached hydrogen (secondary N) is 1. The van der Waals surface area contributed by atoms with Crippen molar-refractivity contribution in [2.75, 3.05) is 11.5 Å². The fraction of sp³-hybridized carbons (Fsp3) is 0.333. The van der Waals surface area contributed by atoms with Gasteiger partial charge in [0, 0.05) is 23.8 Å². The van der Waals surface area contributed by atoms with Crippen LogP contribution < -0.4 is 11.1 Å². The van der Waals surface area contributed by atoms with E-state index in [9.17, 15) is 4.79 Å². The van der Waals surface area contributed by atoms with Crippen LogP contribution in [0.3, 0.4) is 0 Å². The Morgan fingerprint density at radius 1 is 1.31 bits per heavy atom. The first-order valence-electron chi connectivity index (χ1n) is 8.57. The molecule has 3 heterocycles. The molecule has 3 aromatic rings. The summed E-state index contributed by atoms with van der Waals surface area (Å²) in [6.45, 7) is 0.465. The number of carbonyl (C=O) groups excluding carboxylic acids is 1. The van der Waals surface area contributed by atoms with E-state index >= 15 is 0 Å². The van der Waals surface area contributed by atoms with Crippen LogP contribution in [0.15, 0.2) is 29.7 Å². The summed E-state index contributed by atoms with van der Waals surface area (Å²) in [5.74, 6) is 0.732. The zero-order chi connectivity index (χ0) is 17.9. The van der Waals surface area contributed by atoms with Crippen LogP contribution in [0.5, 0.6) is 0 Å². The molecule has 3 N–H and O–H groups in total. The van der Waals surface area contributed by atoms with E-state index < -0.39 is 0 Å². The van der Waals surface area contributed by atoms with Crippen molar-refractivity contribution in [2.24, 2.45) is 0 Å². The van der Waals surface area contributed by atoms with E-state index in [-0.39, 0.29) is 11.7 Å². The number of nitrogens with two attached hydrogens (primary N) is 1. The van der Waals surface area contributed by atoms with Crippen molar-refractivity contribution in [2.45, 2.75) is 37.4 Å². The maximum Gasteiger partial charge on any atom is 0.230 e. The zero-order valence-corrected chi connectivity index (χ0v) is 15.8. The van der Waals surface area contributed by atoms with Crippen molar-refractivity contribution in [3.63, 3.8) is 0 Å². The highest BCUT2D eigenvalue weighted by molar-refractivity contribution is 7.99. The van der Waals surface area contributed by atoms with E-state index in [1.165, 1.54) is 35.0 Å². The molecule has 0 spiro atoms. The SMILES string of the molecule is Nc1nc(SCC(=O)NCc2cccnc2)nc2sc3c(c12)CCCC3. The third-order valence-corrected chi connectivity index (χ3v) is 6.40. The minimum atomic E-state index is -0.0633. The Balaban J connectivity index is 1.42. The summed E-state index contributed by atoms with van der Waals surface area (Å²) in [4.78, 5) is 27.5. The average Bonchev–Trinajstić information content (AvgIpc) is 3.04. The lowest BCUT2D eigenvalue weighted by Gasteiger charge is -2.10. The molecule has 1 aliphatic rings. The van der Waals surface area contributed by atoms with Crippen molar-refractivity contribution in [1.29, 1.82) is 0 Å². The molecule has 134 valence electrons. The number of hydrogen-bond donors (Lipinski definition) is 2. The van der Waals surface area contributed by atoms with Crippen molar-refractivity contribution in [1.82, 2.24) is 20.3 Å². The quantitative estimate of drug-likeness (QED) is 0.518. The van der Waals surface area contributed by atoms with E-state index in [0.717, 1.165) is 28.6 Å². The smallest absolute Gasteiger partial charge is 0.230 e. The Morgan fingerprint density at radius 3 is 3.04 bits per heavy atom. The van der Waals surface area contributed by atoms with Gasteiger partial charge in [0.25, 0.3) is 0 Å². The van der Waals surface area contributed by atoms with Crippen molar-refractivity contribution in [3.8, 4) is 0 Å². The van der Waals surface area contributed by atoms with Gasteiger partial charge in [-0.15, -0.1) is 11.3 Å². The minimum Gasteiger partial charge on any atom is -0.383 e. The molecule has 1 amide bonds. The summed E-state index contributed by atoms with van der Waals surface area (Å²) < 4.78 is 0. The molecule has 1 aliphatic carbocycles. The lowest BCUT2D eigenvalue weighted by molar-refractivity contribution is -0.118. The summed E-state index contributed by atoms with van der Waals surface area (Å²) in [6, 6.07) is 3.78. The number of anilines is 1. The van der Waals surface area contributed by atoms with Gasteiger partial charge in [-0.3, -0.25) is 9.78 Å². The van der Waals surface area contributed by atoms with E-state index in [1.807, 2.05) is 12.1 Å². The summed E-state index contributed by atoms with van der Waals surface area (Å²) in [6.07, 6.45) is 8.05. The summed E-state index contributed by atoms with van der Waals surface area (Å²) >= 11 is 3.03. The third kappa shape index (κ3) is 3.66. The van der Waals surface area contributed by atoms with Crippen LogP contribution in [0.1, 0.15) is 28.8 Å². The van der Waals surface area contributed by atoms with Crippen molar-refractivity contribution in [3.05, 3.63) is 40.5 Å². The van der Waals surface area contributed by atoms with E-state index in [1.54, 1.807) is 23.7 Å². The number of aromatic nitrogens is 3. The number of aryl methyl sites for hydroxylation is 2. The Bertz CT molecular complexity index is 942. The molecule has 0 atom stereocenters. The Kier molecular flexibility index (Phi) is 5.03. The predicted octanol–water partition coefficient (Wildman–Crippen LogP) is 2.96. The van der Waals surface area contributed by atoms with E-state index in [2.05, 4.69) is 20.3 Å². The molecule has 0 bridgehead atoms. The molecule has 8 heteroatoms. The number of carbonyl (C=O) groups is 1. The topological polar surface area (TPSA) is 93.8 Å². The van der Waals surface area contributed by atoms with Gasteiger partial charge in [-0.2, -0.15) is 0 Å². The number of thioether (sulfide) groups is 1. The van der Waals surface area contributed by atoms with Crippen LogP contribution in [0.4, 0.5) is 5.82 Å². The molecule has 0 saturated heterocycles. The highest BCUT2D eigenvalue weighted by Gasteiger charge is 2.20.